The molecule has 4 aromatic carbocycles. The Morgan fingerprint density at radius 2 is 1.19 bits per heavy atom. The van der Waals surface area contributed by atoms with Gasteiger partial charge in [-0.1, -0.05) is 41.6 Å². The number of amides is 2. The number of rotatable bonds is 8. The summed E-state index contributed by atoms with van der Waals surface area (Å²) in [5.74, 6) is 1.32. The van der Waals surface area contributed by atoms with Gasteiger partial charge >= 0.3 is 0 Å². The minimum atomic E-state index is -0.422. The molecule has 1 aromatic heterocycles. The zero-order valence-electron chi connectivity index (χ0n) is 42.0. The first-order valence-electron chi connectivity index (χ1n) is 25.2. The van der Waals surface area contributed by atoms with Crippen molar-refractivity contribution in [3.05, 3.63) is 113 Å². The smallest absolute Gasteiger partial charge is 0.260 e. The van der Waals surface area contributed by atoms with Crippen molar-refractivity contribution in [2.45, 2.75) is 33.1 Å². The van der Waals surface area contributed by atoms with Crippen LogP contribution >= 0.6 is 0 Å². The molecule has 1 saturated heterocycles. The van der Waals surface area contributed by atoms with E-state index in [2.05, 4.69) is 75.3 Å². The Kier molecular flexibility index (Phi) is 17.0. The molecule has 1 atom stereocenters. The highest BCUT2D eigenvalue weighted by atomic mass is 16.5. The fraction of sp³-hybridized carbons (Fsp3) is 0.455. The number of hydrogen-bond acceptors (Lipinski definition) is 15. The van der Waals surface area contributed by atoms with Gasteiger partial charge in [0.25, 0.3) is 5.91 Å². The van der Waals surface area contributed by atoms with Crippen LogP contribution in [-0.4, -0.2) is 164 Å². The lowest BCUT2D eigenvalue weighted by Gasteiger charge is -2.35. The van der Waals surface area contributed by atoms with Crippen LogP contribution < -0.4 is 28.9 Å². The highest BCUT2D eigenvalue weighted by Crippen LogP contribution is 2.42. The van der Waals surface area contributed by atoms with E-state index in [1.165, 1.54) is 4.90 Å². The third kappa shape index (κ3) is 11.7. The maximum Gasteiger partial charge on any atom is 0.260 e. The standard InChI is InChI=1S/C55H67N7O10/c1-5-61-54(63)43-8-6-7-42-46(16-12-44(53(42)43)55(61)64)62-38-45(56-57-62)41-11-15-49(52(37-41)72-34-29-65-4)60-21-27-70-50-35-39(2)9-13-47(50)58-17-23-66-30-32-68-25-19-59(20-26-69-33-31-67-24-18-58)48-14-10-40(3)36-51(48)71-28-22-60/h6-11,13-16,35-38,44H,5,12,17-34H2,1-4H3. The molecule has 4 aliphatic heterocycles. The zero-order valence-corrected chi connectivity index (χ0v) is 42.0. The van der Waals surface area contributed by atoms with Crippen molar-refractivity contribution >= 4 is 34.6 Å². The Labute approximate surface area is 422 Å². The Hall–Kier alpha value is -6.50. The molecule has 10 rings (SSSR count). The first kappa shape index (κ1) is 50.4. The second-order valence-corrected chi connectivity index (χ2v) is 18.2. The number of allylic oxidation sites excluding steroid dienone is 1. The number of aryl methyl sites for hydroxylation is 2. The van der Waals surface area contributed by atoms with E-state index in [9.17, 15) is 9.59 Å². The molecule has 2 amide bonds. The number of nitrogens with zero attached hydrogens (tertiary/aromatic N) is 7. The van der Waals surface area contributed by atoms with Crippen molar-refractivity contribution in [2.75, 3.05) is 147 Å². The molecule has 1 unspecified atom stereocenters. The number of imide groups is 1. The predicted molar refractivity (Wildman–Crippen MR) is 275 cm³/mol. The van der Waals surface area contributed by atoms with Gasteiger partial charge < -0.3 is 52.6 Å². The molecule has 72 heavy (non-hydrogen) atoms. The quantitative estimate of drug-likeness (QED) is 0.0928. The molecule has 0 radical (unpaired) electrons. The summed E-state index contributed by atoms with van der Waals surface area (Å²) < 4.78 is 51.7. The van der Waals surface area contributed by atoms with Gasteiger partial charge in [0.15, 0.2) is 0 Å². The number of anilines is 3. The molecule has 17 heteroatoms. The van der Waals surface area contributed by atoms with Crippen molar-refractivity contribution in [1.82, 2.24) is 19.9 Å². The number of hydrogen-bond donors (Lipinski definition) is 0. The third-order valence-corrected chi connectivity index (χ3v) is 13.4. The van der Waals surface area contributed by atoms with E-state index in [4.69, 9.17) is 37.9 Å². The van der Waals surface area contributed by atoms with E-state index in [0.29, 0.717) is 149 Å². The highest BCUT2D eigenvalue weighted by Gasteiger charge is 2.41. The second-order valence-electron chi connectivity index (χ2n) is 18.2. The molecule has 17 nitrogen and oxygen atoms in total. The van der Waals surface area contributed by atoms with Crippen molar-refractivity contribution in [3.63, 3.8) is 0 Å². The Morgan fingerprint density at radius 1 is 0.639 bits per heavy atom. The molecule has 5 heterocycles. The van der Waals surface area contributed by atoms with Crippen LogP contribution in [0.25, 0.3) is 17.0 Å². The molecule has 1 fully saturated rings. The van der Waals surface area contributed by atoms with Crippen LogP contribution in [-0.2, 0) is 28.5 Å². The van der Waals surface area contributed by atoms with E-state index in [-0.39, 0.29) is 11.8 Å². The second kappa shape index (κ2) is 24.3. The number of aromatic nitrogens is 3. The summed E-state index contributed by atoms with van der Waals surface area (Å²) in [6.07, 6.45) is 4.34. The minimum Gasteiger partial charge on any atom is -0.490 e. The largest absolute Gasteiger partial charge is 0.490 e. The molecule has 382 valence electrons. The van der Waals surface area contributed by atoms with Gasteiger partial charge in [0.1, 0.15) is 42.8 Å². The first-order chi connectivity index (χ1) is 35.3. The SMILES string of the molecule is CCN1C(=O)c2cccc3c2C(CC=C3n2cc(-c3ccc(N4CCOc5cc(C)ccc5N5CCOCCOCCN(CCOCCOCC5)c5ccc(C)cc5OCC4)c(OCCOC)c3)nn2)C1=O. The lowest BCUT2D eigenvalue weighted by molar-refractivity contribution is -0.130. The van der Waals surface area contributed by atoms with E-state index in [1.807, 2.05) is 49.5 Å². The molecule has 0 spiro atoms. The van der Waals surface area contributed by atoms with E-state index in [1.54, 1.807) is 17.9 Å². The van der Waals surface area contributed by atoms with Crippen molar-refractivity contribution in [3.8, 4) is 28.5 Å². The first-order valence-corrected chi connectivity index (χ1v) is 25.2. The van der Waals surface area contributed by atoms with Crippen molar-refractivity contribution in [2.24, 2.45) is 0 Å². The normalized spacial score (nSPS) is 18.8. The fourth-order valence-electron chi connectivity index (χ4n) is 9.71. The predicted octanol–water partition coefficient (Wildman–Crippen LogP) is 6.64. The van der Waals surface area contributed by atoms with Gasteiger partial charge in [-0.3, -0.25) is 14.5 Å². The molecular weight excluding hydrogens is 919 g/mol. The summed E-state index contributed by atoms with van der Waals surface area (Å²) in [5, 5.41) is 9.23. The van der Waals surface area contributed by atoms with E-state index < -0.39 is 5.92 Å². The molecule has 0 N–H and O–H groups in total. The van der Waals surface area contributed by atoms with Crippen LogP contribution in [0.3, 0.4) is 0 Å². The average molecular weight is 986 g/mol. The van der Waals surface area contributed by atoms with Gasteiger partial charge in [0, 0.05) is 56.5 Å². The van der Waals surface area contributed by atoms with Gasteiger partial charge in [0.2, 0.25) is 5.91 Å². The number of ether oxygens (including phenoxy) is 8. The number of likely N-dealkylation sites (N-methyl/N-ethyl adjacent to an activating group) is 1. The monoisotopic (exact) mass is 985 g/mol. The summed E-state index contributed by atoms with van der Waals surface area (Å²) in [5.41, 5.74) is 9.24. The number of carbonyl (C=O) groups excluding carboxylic acids is 2. The van der Waals surface area contributed by atoms with E-state index >= 15 is 0 Å². The molecular formula is C55H67N7O10. The lowest BCUT2D eigenvalue weighted by atomic mass is 9.78. The maximum absolute atomic E-state index is 13.4. The van der Waals surface area contributed by atoms with Crippen LogP contribution in [0.1, 0.15) is 51.9 Å². The maximum atomic E-state index is 13.4. The van der Waals surface area contributed by atoms with Gasteiger partial charge in [-0.05, 0) is 86.3 Å². The minimum absolute atomic E-state index is 0.167. The number of carbonyl (C=O) groups is 2. The van der Waals surface area contributed by atoms with E-state index in [0.717, 1.165) is 62.1 Å². The van der Waals surface area contributed by atoms with Crippen LogP contribution in [0, 0.1) is 13.8 Å². The Bertz CT molecular complexity index is 2590. The summed E-state index contributed by atoms with van der Waals surface area (Å²) in [4.78, 5) is 35.0. The zero-order chi connectivity index (χ0) is 49.8. The van der Waals surface area contributed by atoms with Crippen LogP contribution in [0.4, 0.5) is 17.1 Å². The third-order valence-electron chi connectivity index (χ3n) is 13.4. The Morgan fingerprint density at radius 3 is 1.78 bits per heavy atom. The summed E-state index contributed by atoms with van der Waals surface area (Å²) in [6, 6.07) is 24.3. The number of fused-ring (bicyclic) bond motifs is 20. The van der Waals surface area contributed by atoms with Crippen molar-refractivity contribution in [1.29, 1.82) is 0 Å². The van der Waals surface area contributed by atoms with Gasteiger partial charge in [-0.25, -0.2) is 4.68 Å². The van der Waals surface area contributed by atoms with Crippen LogP contribution in [0.5, 0.6) is 17.2 Å². The molecule has 5 aromatic rings. The van der Waals surface area contributed by atoms with Crippen LogP contribution in [0.2, 0.25) is 0 Å². The molecule has 0 saturated carbocycles. The molecule has 1 aliphatic carbocycles. The Balaban J connectivity index is 1.04. The van der Waals surface area contributed by atoms with Crippen LogP contribution in [0.15, 0.2) is 85.1 Å². The van der Waals surface area contributed by atoms with Gasteiger partial charge in [0.05, 0.1) is 107 Å². The molecule has 2 bridgehead atoms. The van der Waals surface area contributed by atoms with Gasteiger partial charge in [-0.2, -0.15) is 0 Å². The summed E-state index contributed by atoms with van der Waals surface area (Å²) >= 11 is 0. The number of benzene rings is 4. The van der Waals surface area contributed by atoms with Gasteiger partial charge in [-0.15, -0.1) is 5.10 Å². The fourth-order valence-corrected chi connectivity index (χ4v) is 9.71. The molecule has 5 aliphatic rings. The van der Waals surface area contributed by atoms with Crippen molar-refractivity contribution < 1.29 is 47.5 Å². The highest BCUT2D eigenvalue weighted by molar-refractivity contribution is 6.13. The summed E-state index contributed by atoms with van der Waals surface area (Å²) in [7, 11) is 1.65. The average Bonchev–Trinajstić information content (AvgIpc) is 3.88. The topological polar surface area (TPSA) is 152 Å². The lowest BCUT2D eigenvalue weighted by Crippen LogP contribution is -2.45. The summed E-state index contributed by atoms with van der Waals surface area (Å²) in [6.45, 7) is 15.2. The number of methoxy groups -OCH3 is 1.